The van der Waals surface area contributed by atoms with Gasteiger partial charge in [0.1, 0.15) is 5.75 Å². The second kappa shape index (κ2) is 11.7. The molecule has 3 rings (SSSR count). The Balaban J connectivity index is 1.89. The molecule has 0 spiro atoms. The van der Waals surface area contributed by atoms with Crippen LogP contribution >= 0.6 is 0 Å². The first kappa shape index (κ1) is 26.0. The molecule has 0 aliphatic rings. The molecule has 0 atom stereocenters. The normalized spacial score (nSPS) is 11.1. The zero-order valence-electron chi connectivity index (χ0n) is 21.4. The lowest BCUT2D eigenvalue weighted by Crippen LogP contribution is -2.43. The number of hydrogen-bond acceptors (Lipinski definition) is 5. The maximum absolute atomic E-state index is 13.1. The van der Waals surface area contributed by atoms with Crippen LogP contribution in [0.2, 0.25) is 0 Å². The quantitative estimate of drug-likeness (QED) is 0.480. The number of nitrogens with one attached hydrogen (secondary N) is 1. The van der Waals surface area contributed by atoms with Gasteiger partial charge < -0.3 is 14.5 Å². The number of hydrogen-bond donors (Lipinski definition) is 1. The number of nitrogens with zero attached hydrogens (tertiary/aromatic N) is 4. The third kappa shape index (κ3) is 6.93. The molecule has 0 saturated heterocycles. The molecular weight excluding hydrogens is 442 g/mol. The molecule has 0 unspecified atom stereocenters. The number of imidazole rings is 1. The van der Waals surface area contributed by atoms with Crippen molar-refractivity contribution in [3.05, 3.63) is 60.3 Å². The summed E-state index contributed by atoms with van der Waals surface area (Å²) in [6, 6.07) is 15.6. The van der Waals surface area contributed by atoms with E-state index in [1.54, 1.807) is 12.0 Å². The minimum absolute atomic E-state index is 0.0382. The Morgan fingerprint density at radius 3 is 2.26 bits per heavy atom. The summed E-state index contributed by atoms with van der Waals surface area (Å²) in [7, 11) is 5.51. The molecule has 0 saturated carbocycles. The number of aryl methyl sites for hydroxylation is 1. The number of anilines is 1. The molecule has 1 aromatic heterocycles. The smallest absolute Gasteiger partial charge is 0.246 e. The topological polar surface area (TPSA) is 79.7 Å². The van der Waals surface area contributed by atoms with Crippen molar-refractivity contribution < 1.29 is 14.3 Å². The third-order valence-corrected chi connectivity index (χ3v) is 5.61. The van der Waals surface area contributed by atoms with E-state index in [0.717, 1.165) is 22.6 Å². The predicted molar refractivity (Wildman–Crippen MR) is 139 cm³/mol. The zero-order valence-corrected chi connectivity index (χ0v) is 21.4. The summed E-state index contributed by atoms with van der Waals surface area (Å²) in [6.45, 7) is 6.81. The van der Waals surface area contributed by atoms with E-state index in [4.69, 9.17) is 9.72 Å². The monoisotopic (exact) mass is 477 g/mol. The van der Waals surface area contributed by atoms with Crippen molar-refractivity contribution in [3.8, 4) is 22.7 Å². The van der Waals surface area contributed by atoms with E-state index in [9.17, 15) is 9.59 Å². The lowest BCUT2D eigenvalue weighted by atomic mass is 10.1. The van der Waals surface area contributed by atoms with Crippen molar-refractivity contribution >= 4 is 17.8 Å². The summed E-state index contributed by atoms with van der Waals surface area (Å²) >= 11 is 0. The van der Waals surface area contributed by atoms with Crippen LogP contribution in [0.15, 0.2) is 54.7 Å². The number of ether oxygens (including phenoxy) is 1. The van der Waals surface area contributed by atoms with Crippen LogP contribution in [0, 0.1) is 12.8 Å². The molecule has 35 heavy (non-hydrogen) atoms. The van der Waals surface area contributed by atoms with Gasteiger partial charge in [-0.05, 0) is 57.4 Å². The van der Waals surface area contributed by atoms with Gasteiger partial charge in [-0.1, -0.05) is 31.5 Å². The highest BCUT2D eigenvalue weighted by atomic mass is 16.5. The Morgan fingerprint density at radius 1 is 1.03 bits per heavy atom. The number of carbonyl (C=O) groups excluding carboxylic acids is 2. The average Bonchev–Trinajstić information content (AvgIpc) is 3.25. The summed E-state index contributed by atoms with van der Waals surface area (Å²) in [5.41, 5.74) is 3.63. The van der Waals surface area contributed by atoms with Gasteiger partial charge in [0.25, 0.3) is 0 Å². The fourth-order valence-electron chi connectivity index (χ4n) is 3.56. The first-order valence-electron chi connectivity index (χ1n) is 11.7. The SMILES string of the molecule is COc1ccc(-c2cn(-c3ccc(C)cc3)c(NC(=O)CN(CCN(C)C)C(=O)C(C)C)n2)cc1. The second-order valence-electron chi connectivity index (χ2n) is 9.15. The van der Waals surface area contributed by atoms with E-state index in [2.05, 4.69) is 5.32 Å². The summed E-state index contributed by atoms with van der Waals surface area (Å²) < 4.78 is 7.11. The molecule has 0 aliphatic carbocycles. The number of methoxy groups -OCH3 is 1. The van der Waals surface area contributed by atoms with Crippen LogP contribution < -0.4 is 10.1 Å². The van der Waals surface area contributed by atoms with E-state index in [1.807, 2.05) is 99.1 Å². The molecule has 1 N–H and O–H groups in total. The van der Waals surface area contributed by atoms with Gasteiger partial charge in [0, 0.05) is 36.5 Å². The predicted octanol–water partition coefficient (Wildman–Crippen LogP) is 3.84. The highest BCUT2D eigenvalue weighted by molar-refractivity contribution is 5.94. The molecule has 1 heterocycles. The van der Waals surface area contributed by atoms with Crippen LogP contribution in [-0.2, 0) is 9.59 Å². The third-order valence-electron chi connectivity index (χ3n) is 5.61. The van der Waals surface area contributed by atoms with Gasteiger partial charge in [-0.15, -0.1) is 0 Å². The molecular formula is C27H35N5O3. The van der Waals surface area contributed by atoms with Crippen LogP contribution in [0.4, 0.5) is 5.95 Å². The van der Waals surface area contributed by atoms with Crippen molar-refractivity contribution in [1.82, 2.24) is 19.4 Å². The number of amides is 2. The fraction of sp³-hybridized carbons (Fsp3) is 0.370. The molecule has 2 aromatic carbocycles. The molecule has 8 nitrogen and oxygen atoms in total. The molecule has 0 radical (unpaired) electrons. The standard InChI is InChI=1S/C27H35N5O3/c1-19(2)26(34)31(16-15-30(4)5)18-25(33)29-27-28-24(21-9-13-23(35-6)14-10-21)17-32(27)22-11-7-20(3)8-12-22/h7-14,17,19H,15-16,18H2,1-6H3,(H,28,29,33). The number of carbonyl (C=O) groups is 2. The molecule has 2 amide bonds. The van der Waals surface area contributed by atoms with Crippen LogP contribution in [-0.4, -0.2) is 72.0 Å². The number of likely N-dealkylation sites (N-methyl/N-ethyl adjacent to an activating group) is 1. The van der Waals surface area contributed by atoms with E-state index in [1.165, 1.54) is 0 Å². The largest absolute Gasteiger partial charge is 0.497 e. The molecule has 0 bridgehead atoms. The first-order chi connectivity index (χ1) is 16.7. The van der Waals surface area contributed by atoms with E-state index >= 15 is 0 Å². The molecule has 8 heteroatoms. The highest BCUT2D eigenvalue weighted by Gasteiger charge is 2.21. The van der Waals surface area contributed by atoms with Gasteiger partial charge in [-0.25, -0.2) is 4.98 Å². The van der Waals surface area contributed by atoms with Gasteiger partial charge in [0.05, 0.1) is 19.3 Å². The Kier molecular flexibility index (Phi) is 8.65. The Morgan fingerprint density at radius 2 is 1.69 bits per heavy atom. The lowest BCUT2D eigenvalue weighted by Gasteiger charge is -2.25. The first-order valence-corrected chi connectivity index (χ1v) is 11.7. The zero-order chi connectivity index (χ0) is 25.5. The summed E-state index contributed by atoms with van der Waals surface area (Å²) in [4.78, 5) is 34.1. The number of benzene rings is 2. The van der Waals surface area contributed by atoms with Gasteiger partial charge in [0.2, 0.25) is 17.8 Å². The van der Waals surface area contributed by atoms with Gasteiger partial charge in [0.15, 0.2) is 0 Å². The maximum Gasteiger partial charge on any atom is 0.246 e. The number of rotatable bonds is 10. The Bertz CT molecular complexity index is 1130. The van der Waals surface area contributed by atoms with Gasteiger partial charge in [-0.3, -0.25) is 19.5 Å². The van der Waals surface area contributed by atoms with Crippen molar-refractivity contribution in [2.75, 3.05) is 46.2 Å². The van der Waals surface area contributed by atoms with E-state index in [-0.39, 0.29) is 24.3 Å². The summed E-state index contributed by atoms with van der Waals surface area (Å²) in [5.74, 6) is 0.615. The van der Waals surface area contributed by atoms with Crippen LogP contribution in [0.1, 0.15) is 19.4 Å². The minimum atomic E-state index is -0.294. The minimum Gasteiger partial charge on any atom is -0.497 e. The molecule has 186 valence electrons. The Labute approximate surface area is 207 Å². The van der Waals surface area contributed by atoms with Crippen molar-refractivity contribution in [2.24, 2.45) is 5.92 Å². The van der Waals surface area contributed by atoms with Crippen molar-refractivity contribution in [2.45, 2.75) is 20.8 Å². The van der Waals surface area contributed by atoms with Crippen LogP contribution in [0.5, 0.6) is 5.75 Å². The lowest BCUT2D eigenvalue weighted by molar-refractivity contribution is -0.137. The van der Waals surface area contributed by atoms with Gasteiger partial charge >= 0.3 is 0 Å². The molecule has 0 fully saturated rings. The molecule has 0 aliphatic heterocycles. The van der Waals surface area contributed by atoms with E-state index in [0.29, 0.717) is 24.7 Å². The average molecular weight is 478 g/mol. The van der Waals surface area contributed by atoms with Crippen LogP contribution in [0.3, 0.4) is 0 Å². The number of aromatic nitrogens is 2. The summed E-state index contributed by atoms with van der Waals surface area (Å²) in [6.07, 6.45) is 1.89. The summed E-state index contributed by atoms with van der Waals surface area (Å²) in [5, 5.41) is 2.93. The molecule has 3 aromatic rings. The van der Waals surface area contributed by atoms with Crippen molar-refractivity contribution in [3.63, 3.8) is 0 Å². The maximum atomic E-state index is 13.1. The van der Waals surface area contributed by atoms with Crippen LogP contribution in [0.25, 0.3) is 16.9 Å². The van der Waals surface area contributed by atoms with E-state index < -0.39 is 0 Å². The fourth-order valence-corrected chi connectivity index (χ4v) is 3.56. The Hall–Kier alpha value is -3.65. The second-order valence-corrected chi connectivity index (χ2v) is 9.15. The van der Waals surface area contributed by atoms with Gasteiger partial charge in [-0.2, -0.15) is 0 Å². The highest BCUT2D eigenvalue weighted by Crippen LogP contribution is 2.26. The van der Waals surface area contributed by atoms with Crippen molar-refractivity contribution in [1.29, 1.82) is 0 Å².